The molecule has 0 aliphatic carbocycles. The van der Waals surface area contributed by atoms with E-state index in [1.165, 1.54) is 0 Å². The molecule has 0 radical (unpaired) electrons. The lowest BCUT2D eigenvalue weighted by atomic mass is 10.2. The molecule has 0 spiro atoms. The van der Waals surface area contributed by atoms with Gasteiger partial charge in [-0.25, -0.2) is 9.78 Å². The van der Waals surface area contributed by atoms with E-state index in [9.17, 15) is 4.79 Å². The first-order chi connectivity index (χ1) is 10.0. The molecule has 21 heavy (non-hydrogen) atoms. The predicted molar refractivity (Wildman–Crippen MR) is 85.4 cm³/mol. The molecule has 5 nitrogen and oxygen atoms in total. The third-order valence-electron chi connectivity index (χ3n) is 3.44. The van der Waals surface area contributed by atoms with Crippen molar-refractivity contribution in [2.24, 2.45) is 0 Å². The Bertz CT molecular complexity index is 630. The number of aromatic nitrogens is 2. The molecule has 1 aromatic heterocycles. The van der Waals surface area contributed by atoms with Crippen molar-refractivity contribution < 1.29 is 4.79 Å². The Morgan fingerprint density at radius 3 is 2.76 bits per heavy atom. The third kappa shape index (κ3) is 3.54. The molecule has 1 aromatic carbocycles. The predicted octanol–water partition coefficient (Wildman–Crippen LogP) is 3.13. The lowest BCUT2D eigenvalue weighted by Gasteiger charge is -2.11. The van der Waals surface area contributed by atoms with Crippen LogP contribution in [0.15, 0.2) is 18.2 Å². The lowest BCUT2D eigenvalue weighted by Crippen LogP contribution is -2.35. The minimum absolute atomic E-state index is 0.124. The van der Waals surface area contributed by atoms with E-state index in [1.807, 2.05) is 26.0 Å². The molecule has 5 heteroatoms. The first kappa shape index (κ1) is 15.4. The van der Waals surface area contributed by atoms with Crippen LogP contribution in [0, 0.1) is 6.92 Å². The molecule has 0 unspecified atom stereocenters. The smallest absolute Gasteiger partial charge is 0.315 e. The van der Waals surface area contributed by atoms with Crippen LogP contribution in [-0.4, -0.2) is 22.1 Å². The van der Waals surface area contributed by atoms with Gasteiger partial charge < -0.3 is 15.2 Å². The number of nitrogens with one attached hydrogen (secondary N) is 2. The highest BCUT2D eigenvalue weighted by atomic mass is 16.2. The van der Waals surface area contributed by atoms with Crippen molar-refractivity contribution in [1.29, 1.82) is 0 Å². The van der Waals surface area contributed by atoms with Gasteiger partial charge in [0.25, 0.3) is 0 Å². The number of rotatable bonds is 5. The van der Waals surface area contributed by atoms with Crippen molar-refractivity contribution in [2.75, 3.05) is 6.54 Å². The van der Waals surface area contributed by atoms with E-state index in [-0.39, 0.29) is 6.03 Å². The van der Waals surface area contributed by atoms with E-state index in [4.69, 9.17) is 0 Å². The zero-order valence-electron chi connectivity index (χ0n) is 13.2. The van der Waals surface area contributed by atoms with Crippen molar-refractivity contribution in [3.63, 3.8) is 0 Å². The highest BCUT2D eigenvalue weighted by Crippen LogP contribution is 2.21. The van der Waals surface area contributed by atoms with Gasteiger partial charge in [0.1, 0.15) is 5.82 Å². The van der Waals surface area contributed by atoms with Crippen molar-refractivity contribution in [3.05, 3.63) is 29.6 Å². The highest BCUT2D eigenvalue weighted by molar-refractivity contribution is 5.77. The Labute approximate surface area is 125 Å². The average molecular weight is 288 g/mol. The van der Waals surface area contributed by atoms with Gasteiger partial charge in [-0.2, -0.15) is 0 Å². The fraction of sp³-hybridized carbons (Fsp3) is 0.500. The fourth-order valence-corrected chi connectivity index (χ4v) is 2.51. The molecule has 0 bridgehead atoms. The number of urea groups is 1. The Hall–Kier alpha value is -2.04. The Kier molecular flexibility index (Phi) is 4.83. The second-order valence-corrected chi connectivity index (χ2v) is 5.56. The number of aryl methyl sites for hydroxylation is 1. The SMILES string of the molecule is CCCNC(=O)NCc1ccc2c(c1)nc(C)n2C(C)C. The molecule has 1 heterocycles. The Balaban J connectivity index is 2.11. The first-order valence-electron chi connectivity index (χ1n) is 7.52. The third-order valence-corrected chi connectivity index (χ3v) is 3.44. The van der Waals surface area contributed by atoms with Gasteiger partial charge in [-0.3, -0.25) is 0 Å². The summed E-state index contributed by atoms with van der Waals surface area (Å²) >= 11 is 0. The second kappa shape index (κ2) is 6.61. The van der Waals surface area contributed by atoms with Crippen molar-refractivity contribution in [3.8, 4) is 0 Å². The van der Waals surface area contributed by atoms with E-state index in [0.29, 0.717) is 19.1 Å². The molecule has 0 saturated carbocycles. The molecule has 0 aliphatic heterocycles. The number of nitrogens with zero attached hydrogens (tertiary/aromatic N) is 2. The number of imidazole rings is 1. The number of hydrogen-bond acceptors (Lipinski definition) is 2. The summed E-state index contributed by atoms with van der Waals surface area (Å²) < 4.78 is 2.22. The van der Waals surface area contributed by atoms with E-state index in [0.717, 1.165) is 28.8 Å². The summed E-state index contributed by atoms with van der Waals surface area (Å²) in [5.74, 6) is 1.02. The van der Waals surface area contributed by atoms with Crippen LogP contribution >= 0.6 is 0 Å². The van der Waals surface area contributed by atoms with Crippen LogP contribution in [0.25, 0.3) is 11.0 Å². The van der Waals surface area contributed by atoms with Crippen molar-refractivity contribution in [2.45, 2.75) is 46.7 Å². The molecule has 2 rings (SSSR count). The summed E-state index contributed by atoms with van der Waals surface area (Å²) in [6.07, 6.45) is 0.936. The van der Waals surface area contributed by atoms with Gasteiger partial charge in [-0.1, -0.05) is 13.0 Å². The largest absolute Gasteiger partial charge is 0.338 e. The number of benzene rings is 1. The van der Waals surface area contributed by atoms with Crippen LogP contribution in [0.4, 0.5) is 4.79 Å². The van der Waals surface area contributed by atoms with Crippen LogP contribution in [0.5, 0.6) is 0 Å². The number of carbonyl (C=O) groups is 1. The molecular formula is C16H24N4O. The number of hydrogen-bond donors (Lipinski definition) is 2. The van der Waals surface area contributed by atoms with Gasteiger partial charge in [0, 0.05) is 19.1 Å². The minimum Gasteiger partial charge on any atom is -0.338 e. The summed E-state index contributed by atoms with van der Waals surface area (Å²) in [5.41, 5.74) is 3.18. The van der Waals surface area contributed by atoms with E-state index in [2.05, 4.69) is 40.1 Å². The maximum atomic E-state index is 11.5. The molecule has 2 aromatic rings. The van der Waals surface area contributed by atoms with E-state index < -0.39 is 0 Å². The summed E-state index contributed by atoms with van der Waals surface area (Å²) in [4.78, 5) is 16.2. The number of carbonyl (C=O) groups excluding carboxylic acids is 1. The molecule has 0 saturated heterocycles. The molecule has 0 aliphatic rings. The molecule has 2 amide bonds. The second-order valence-electron chi connectivity index (χ2n) is 5.56. The Morgan fingerprint density at radius 2 is 2.10 bits per heavy atom. The van der Waals surface area contributed by atoms with E-state index >= 15 is 0 Å². The van der Waals surface area contributed by atoms with Gasteiger partial charge in [0.2, 0.25) is 0 Å². The molecule has 2 N–H and O–H groups in total. The zero-order chi connectivity index (χ0) is 15.4. The first-order valence-corrected chi connectivity index (χ1v) is 7.52. The standard InChI is InChI=1S/C16H24N4O/c1-5-8-17-16(21)18-10-13-6-7-15-14(9-13)19-12(4)20(15)11(2)3/h6-7,9,11H,5,8,10H2,1-4H3,(H2,17,18,21). The fourth-order valence-electron chi connectivity index (χ4n) is 2.51. The molecule has 0 atom stereocenters. The van der Waals surface area contributed by atoms with E-state index in [1.54, 1.807) is 0 Å². The average Bonchev–Trinajstić information content (AvgIpc) is 2.77. The van der Waals surface area contributed by atoms with Crippen molar-refractivity contribution >= 4 is 17.1 Å². The maximum absolute atomic E-state index is 11.5. The van der Waals surface area contributed by atoms with Crippen LogP contribution in [0.1, 0.15) is 44.6 Å². The van der Waals surface area contributed by atoms with Gasteiger partial charge in [-0.05, 0) is 44.9 Å². The number of amides is 2. The number of fused-ring (bicyclic) bond motifs is 1. The summed E-state index contributed by atoms with van der Waals surface area (Å²) in [6, 6.07) is 6.43. The quantitative estimate of drug-likeness (QED) is 0.888. The van der Waals surface area contributed by atoms with Gasteiger partial charge >= 0.3 is 6.03 Å². The molecular weight excluding hydrogens is 264 g/mol. The summed E-state index contributed by atoms with van der Waals surface area (Å²) in [6.45, 7) is 9.57. The lowest BCUT2D eigenvalue weighted by molar-refractivity contribution is 0.240. The summed E-state index contributed by atoms with van der Waals surface area (Å²) in [5, 5.41) is 5.66. The monoisotopic (exact) mass is 288 g/mol. The molecule has 0 fully saturated rings. The normalized spacial score (nSPS) is 11.1. The highest BCUT2D eigenvalue weighted by Gasteiger charge is 2.10. The van der Waals surface area contributed by atoms with Crippen LogP contribution < -0.4 is 10.6 Å². The van der Waals surface area contributed by atoms with Crippen LogP contribution in [0.2, 0.25) is 0 Å². The summed E-state index contributed by atoms with van der Waals surface area (Å²) in [7, 11) is 0. The van der Waals surface area contributed by atoms with Crippen LogP contribution in [0.3, 0.4) is 0 Å². The molecule has 114 valence electrons. The van der Waals surface area contributed by atoms with Gasteiger partial charge in [-0.15, -0.1) is 0 Å². The topological polar surface area (TPSA) is 59.0 Å². The Morgan fingerprint density at radius 1 is 1.33 bits per heavy atom. The van der Waals surface area contributed by atoms with Gasteiger partial charge in [0.15, 0.2) is 0 Å². The van der Waals surface area contributed by atoms with Crippen molar-refractivity contribution in [1.82, 2.24) is 20.2 Å². The zero-order valence-corrected chi connectivity index (χ0v) is 13.2. The van der Waals surface area contributed by atoms with Gasteiger partial charge in [0.05, 0.1) is 11.0 Å². The minimum atomic E-state index is -0.124. The van der Waals surface area contributed by atoms with Crippen LogP contribution in [-0.2, 0) is 6.54 Å². The maximum Gasteiger partial charge on any atom is 0.315 e.